The normalized spacial score (nSPS) is 16.8. The van der Waals surface area contributed by atoms with Crippen LogP contribution in [0, 0.1) is 11.6 Å². The van der Waals surface area contributed by atoms with Gasteiger partial charge in [0, 0.05) is 5.56 Å². The summed E-state index contributed by atoms with van der Waals surface area (Å²) in [6.07, 6.45) is 6.99. The topological polar surface area (TPSA) is 46.5 Å². The van der Waals surface area contributed by atoms with Gasteiger partial charge in [-0.2, -0.15) is 4.39 Å². The largest absolute Gasteiger partial charge is 0.490 e. The van der Waals surface area contributed by atoms with E-state index in [0.717, 1.165) is 32.1 Å². The summed E-state index contributed by atoms with van der Waals surface area (Å²) in [7, 11) is 0. The molecule has 0 aromatic heterocycles. The minimum absolute atomic E-state index is 0.0504. The number of hydrogen-bond donors (Lipinski definition) is 1. The Bertz CT molecular complexity index is 566. The van der Waals surface area contributed by atoms with Crippen molar-refractivity contribution in [3.8, 4) is 5.75 Å². The monoisotopic (exact) mass is 340 g/mol. The first-order chi connectivity index (χ1) is 11.5. The minimum atomic E-state index is -1.32. The van der Waals surface area contributed by atoms with Gasteiger partial charge in [0.05, 0.1) is 12.0 Å². The average Bonchev–Trinajstić information content (AvgIpc) is 2.59. The third kappa shape index (κ3) is 3.87. The third-order valence-corrected chi connectivity index (χ3v) is 4.93. The van der Waals surface area contributed by atoms with Crippen molar-refractivity contribution in [1.29, 1.82) is 0 Å². The molecule has 5 heteroatoms. The number of benzene rings is 1. The molecule has 1 aliphatic rings. The quantitative estimate of drug-likeness (QED) is 0.661. The first kappa shape index (κ1) is 18.7. The molecule has 2 rings (SSSR count). The van der Waals surface area contributed by atoms with Gasteiger partial charge in [-0.05, 0) is 25.3 Å². The molecule has 0 aliphatic heterocycles. The van der Waals surface area contributed by atoms with E-state index in [4.69, 9.17) is 4.74 Å². The van der Waals surface area contributed by atoms with Crippen molar-refractivity contribution in [3.05, 3.63) is 29.3 Å². The summed E-state index contributed by atoms with van der Waals surface area (Å²) in [5.41, 5.74) is -1.37. The van der Waals surface area contributed by atoms with Crippen LogP contribution in [-0.4, -0.2) is 17.7 Å². The highest BCUT2D eigenvalue weighted by Crippen LogP contribution is 2.42. The van der Waals surface area contributed by atoms with Crippen LogP contribution in [0.4, 0.5) is 8.78 Å². The molecule has 134 valence electrons. The fourth-order valence-corrected chi connectivity index (χ4v) is 3.48. The predicted octanol–water partition coefficient (Wildman–Crippen LogP) is 5.21. The molecule has 0 saturated heterocycles. The number of rotatable bonds is 8. The Kier molecular flexibility index (Phi) is 6.58. The average molecular weight is 340 g/mol. The molecule has 1 saturated carbocycles. The van der Waals surface area contributed by atoms with E-state index >= 15 is 0 Å². The van der Waals surface area contributed by atoms with Crippen LogP contribution in [0.5, 0.6) is 5.75 Å². The molecule has 3 nitrogen and oxygen atoms in total. The number of aliphatic carboxylic acids is 1. The van der Waals surface area contributed by atoms with Crippen molar-refractivity contribution in [3.63, 3.8) is 0 Å². The molecule has 0 heterocycles. The van der Waals surface area contributed by atoms with Gasteiger partial charge < -0.3 is 9.84 Å². The van der Waals surface area contributed by atoms with Gasteiger partial charge in [-0.15, -0.1) is 0 Å². The number of hydrogen-bond acceptors (Lipinski definition) is 2. The molecule has 1 aromatic rings. The van der Waals surface area contributed by atoms with Crippen molar-refractivity contribution in [2.24, 2.45) is 0 Å². The van der Waals surface area contributed by atoms with Crippen molar-refractivity contribution in [1.82, 2.24) is 0 Å². The van der Waals surface area contributed by atoms with E-state index in [1.54, 1.807) is 0 Å². The van der Waals surface area contributed by atoms with Gasteiger partial charge in [-0.3, -0.25) is 4.79 Å². The lowest BCUT2D eigenvalue weighted by Crippen LogP contribution is -2.38. The lowest BCUT2D eigenvalue weighted by molar-refractivity contribution is -0.145. The zero-order valence-corrected chi connectivity index (χ0v) is 14.2. The van der Waals surface area contributed by atoms with Crippen molar-refractivity contribution >= 4 is 5.97 Å². The van der Waals surface area contributed by atoms with Crippen LogP contribution >= 0.6 is 0 Å². The maximum atomic E-state index is 14.6. The predicted molar refractivity (Wildman–Crippen MR) is 88.4 cm³/mol. The van der Waals surface area contributed by atoms with E-state index in [1.165, 1.54) is 12.1 Å². The summed E-state index contributed by atoms with van der Waals surface area (Å²) < 4.78 is 34.2. The van der Waals surface area contributed by atoms with Gasteiger partial charge >= 0.3 is 5.97 Å². The maximum Gasteiger partial charge on any atom is 0.314 e. The van der Waals surface area contributed by atoms with Gasteiger partial charge in [0.15, 0.2) is 11.6 Å². The Balaban J connectivity index is 2.18. The van der Waals surface area contributed by atoms with Crippen LogP contribution in [0.25, 0.3) is 0 Å². The van der Waals surface area contributed by atoms with Crippen LogP contribution in [-0.2, 0) is 10.2 Å². The zero-order valence-electron chi connectivity index (χ0n) is 14.2. The summed E-state index contributed by atoms with van der Waals surface area (Å²) in [6, 6.07) is 2.76. The van der Waals surface area contributed by atoms with Gasteiger partial charge in [0.2, 0.25) is 5.82 Å². The number of carbonyl (C=O) groups is 1. The highest BCUT2D eigenvalue weighted by atomic mass is 19.2. The summed E-state index contributed by atoms with van der Waals surface area (Å²) >= 11 is 0. The van der Waals surface area contributed by atoms with Crippen LogP contribution in [0.1, 0.15) is 70.3 Å². The zero-order chi connectivity index (χ0) is 17.6. The fraction of sp³-hybridized carbons (Fsp3) is 0.632. The molecule has 1 N–H and O–H groups in total. The minimum Gasteiger partial charge on any atom is -0.490 e. The number of carboxylic acids is 1. The first-order valence-corrected chi connectivity index (χ1v) is 8.87. The molecule has 0 atom stereocenters. The fourth-order valence-electron chi connectivity index (χ4n) is 3.48. The van der Waals surface area contributed by atoms with E-state index in [-0.39, 0.29) is 11.3 Å². The highest BCUT2D eigenvalue weighted by Gasteiger charge is 2.44. The molecular weight excluding hydrogens is 314 g/mol. The molecule has 24 heavy (non-hydrogen) atoms. The second-order valence-corrected chi connectivity index (χ2v) is 6.60. The smallest absolute Gasteiger partial charge is 0.314 e. The van der Waals surface area contributed by atoms with Gasteiger partial charge in [0.25, 0.3) is 0 Å². The molecule has 0 unspecified atom stereocenters. The molecular formula is C19H26F2O3. The number of ether oxygens (including phenoxy) is 1. The molecule has 1 aliphatic carbocycles. The van der Waals surface area contributed by atoms with Crippen LogP contribution in [0.15, 0.2) is 12.1 Å². The van der Waals surface area contributed by atoms with E-state index in [0.29, 0.717) is 32.3 Å². The van der Waals surface area contributed by atoms with Crippen LogP contribution < -0.4 is 4.74 Å². The second kappa shape index (κ2) is 8.45. The maximum absolute atomic E-state index is 14.6. The summed E-state index contributed by atoms with van der Waals surface area (Å²) in [5.74, 6) is -3.36. The van der Waals surface area contributed by atoms with E-state index in [2.05, 4.69) is 6.92 Å². The van der Waals surface area contributed by atoms with Crippen LogP contribution in [0.2, 0.25) is 0 Å². The van der Waals surface area contributed by atoms with E-state index < -0.39 is 23.0 Å². The lowest BCUT2D eigenvalue weighted by atomic mass is 9.69. The number of unbranched alkanes of at least 4 members (excludes halogenated alkanes) is 3. The molecule has 0 spiro atoms. The number of carboxylic acid groups (broad SMARTS) is 1. The van der Waals surface area contributed by atoms with E-state index in [1.807, 2.05) is 0 Å². The third-order valence-electron chi connectivity index (χ3n) is 4.93. The Labute approximate surface area is 142 Å². The van der Waals surface area contributed by atoms with Gasteiger partial charge in [-0.25, -0.2) is 4.39 Å². The molecule has 0 amide bonds. The van der Waals surface area contributed by atoms with Crippen molar-refractivity contribution < 1.29 is 23.4 Å². The standard InChI is InChI=1S/C19H26F2O3/c1-2-3-4-8-13-24-15-10-9-14(16(20)17(15)21)19(18(22)23)11-6-5-7-12-19/h9-10H,2-8,11-13H2,1H3,(H,22,23). The second-order valence-electron chi connectivity index (χ2n) is 6.60. The number of halogens is 2. The summed E-state index contributed by atoms with van der Waals surface area (Å²) in [5, 5.41) is 9.63. The summed E-state index contributed by atoms with van der Waals surface area (Å²) in [4.78, 5) is 11.8. The molecule has 1 aromatic carbocycles. The molecule has 1 fully saturated rings. The van der Waals surface area contributed by atoms with Crippen molar-refractivity contribution in [2.75, 3.05) is 6.61 Å². The molecule has 0 bridgehead atoms. The Morgan fingerprint density at radius 2 is 1.83 bits per heavy atom. The summed E-state index contributed by atoms with van der Waals surface area (Å²) in [6.45, 7) is 2.43. The van der Waals surface area contributed by atoms with Crippen molar-refractivity contribution in [2.45, 2.75) is 70.1 Å². The highest BCUT2D eigenvalue weighted by molar-refractivity contribution is 5.81. The molecule has 0 radical (unpaired) electrons. The Morgan fingerprint density at radius 3 is 2.46 bits per heavy atom. The van der Waals surface area contributed by atoms with Crippen LogP contribution in [0.3, 0.4) is 0 Å². The first-order valence-electron chi connectivity index (χ1n) is 8.87. The lowest BCUT2D eigenvalue weighted by Gasteiger charge is -2.34. The SMILES string of the molecule is CCCCCCOc1ccc(C2(C(=O)O)CCCCC2)c(F)c1F. The Morgan fingerprint density at radius 1 is 1.12 bits per heavy atom. The van der Waals surface area contributed by atoms with Gasteiger partial charge in [-0.1, -0.05) is 51.5 Å². The Hall–Kier alpha value is -1.65. The van der Waals surface area contributed by atoms with E-state index in [9.17, 15) is 18.7 Å². The van der Waals surface area contributed by atoms with Gasteiger partial charge in [0.1, 0.15) is 0 Å².